The van der Waals surface area contributed by atoms with Crippen LogP contribution in [0.3, 0.4) is 0 Å². The van der Waals surface area contributed by atoms with Gasteiger partial charge in [0.05, 0.1) is 5.02 Å². The van der Waals surface area contributed by atoms with Gasteiger partial charge in [0.1, 0.15) is 5.69 Å². The van der Waals surface area contributed by atoms with E-state index in [-0.39, 0.29) is 5.69 Å². The van der Waals surface area contributed by atoms with Crippen molar-refractivity contribution in [1.82, 2.24) is 0 Å². The van der Waals surface area contributed by atoms with E-state index >= 15 is 0 Å². The van der Waals surface area contributed by atoms with E-state index in [2.05, 4.69) is 21.1 Å². The van der Waals surface area contributed by atoms with Crippen LogP contribution in [0.5, 0.6) is 0 Å². The molecule has 1 aromatic carbocycles. The lowest BCUT2D eigenvalue weighted by atomic mass is 10.3. The first-order valence-corrected chi connectivity index (χ1v) is 3.69. The van der Waals surface area contributed by atoms with Crippen molar-refractivity contribution in [3.05, 3.63) is 32.6 Å². The third-order valence-corrected chi connectivity index (χ3v) is 1.82. The molecule has 0 N–H and O–H groups in total. The molecule has 0 aromatic heterocycles. The van der Waals surface area contributed by atoms with Gasteiger partial charge in [-0.15, -0.1) is 4.91 Å². The molecule has 0 amide bonds. The molecule has 0 aliphatic carbocycles. The Bertz CT molecular complexity index is 264. The van der Waals surface area contributed by atoms with Crippen LogP contribution in [0.15, 0.2) is 27.8 Å². The largest absolute Gasteiger partial charge is 0.145 e. The minimum atomic E-state index is 0.260. The molecule has 0 heterocycles. The number of nitrogens with zero attached hydrogens (tertiary/aromatic N) is 1. The first-order chi connectivity index (χ1) is 4.74. The summed E-state index contributed by atoms with van der Waals surface area (Å²) in [5, 5.41) is 3.09. The van der Waals surface area contributed by atoms with Crippen molar-refractivity contribution in [2.24, 2.45) is 5.18 Å². The third kappa shape index (κ3) is 1.55. The maximum atomic E-state index is 10.0. The molecule has 0 bridgehead atoms. The maximum absolute atomic E-state index is 10.0. The molecule has 10 heavy (non-hydrogen) atoms. The molecule has 2 nitrogen and oxygen atoms in total. The zero-order valence-electron chi connectivity index (χ0n) is 4.84. The molecule has 0 saturated carbocycles. The van der Waals surface area contributed by atoms with Crippen LogP contribution in [0.4, 0.5) is 5.69 Å². The second-order valence-corrected chi connectivity index (χ2v) is 3.01. The van der Waals surface area contributed by atoms with E-state index in [0.29, 0.717) is 5.02 Å². The van der Waals surface area contributed by atoms with Gasteiger partial charge in [-0.25, -0.2) is 0 Å². The maximum Gasteiger partial charge on any atom is 0.127 e. The SMILES string of the molecule is O=Nc1cc(Br)ccc1Cl. The highest BCUT2D eigenvalue weighted by atomic mass is 79.9. The van der Waals surface area contributed by atoms with Gasteiger partial charge >= 0.3 is 0 Å². The van der Waals surface area contributed by atoms with Crippen LogP contribution in [0, 0.1) is 4.91 Å². The van der Waals surface area contributed by atoms with Crippen molar-refractivity contribution in [1.29, 1.82) is 0 Å². The van der Waals surface area contributed by atoms with E-state index in [1.807, 2.05) is 0 Å². The summed E-state index contributed by atoms with van der Waals surface area (Å²) in [6.45, 7) is 0. The molecule has 1 aromatic rings. The van der Waals surface area contributed by atoms with Crippen molar-refractivity contribution in [3.8, 4) is 0 Å². The molecule has 0 unspecified atom stereocenters. The fourth-order valence-electron chi connectivity index (χ4n) is 0.556. The Morgan fingerprint density at radius 2 is 2.20 bits per heavy atom. The Hall–Kier alpha value is -0.410. The van der Waals surface area contributed by atoms with E-state index < -0.39 is 0 Å². The number of nitroso groups, excluding NO2 is 1. The van der Waals surface area contributed by atoms with Crippen molar-refractivity contribution in [3.63, 3.8) is 0 Å². The Morgan fingerprint density at radius 3 is 2.70 bits per heavy atom. The monoisotopic (exact) mass is 219 g/mol. The van der Waals surface area contributed by atoms with Gasteiger partial charge in [-0.1, -0.05) is 27.5 Å². The summed E-state index contributed by atoms with van der Waals surface area (Å²) in [5.41, 5.74) is 0.260. The normalized spacial score (nSPS) is 9.40. The predicted molar refractivity (Wildman–Crippen MR) is 44.6 cm³/mol. The van der Waals surface area contributed by atoms with Crippen LogP contribution in [0.2, 0.25) is 5.02 Å². The summed E-state index contributed by atoms with van der Waals surface area (Å²) < 4.78 is 0.798. The van der Waals surface area contributed by atoms with Gasteiger partial charge in [0.25, 0.3) is 0 Å². The lowest BCUT2D eigenvalue weighted by Gasteiger charge is -1.92. The number of rotatable bonds is 1. The van der Waals surface area contributed by atoms with E-state index in [9.17, 15) is 4.91 Å². The second kappa shape index (κ2) is 3.12. The fourth-order valence-corrected chi connectivity index (χ4v) is 1.06. The number of hydrogen-bond acceptors (Lipinski definition) is 2. The van der Waals surface area contributed by atoms with Crippen molar-refractivity contribution >= 4 is 33.2 Å². The van der Waals surface area contributed by atoms with Crippen LogP contribution in [-0.4, -0.2) is 0 Å². The van der Waals surface area contributed by atoms with Gasteiger partial charge in [0.2, 0.25) is 0 Å². The van der Waals surface area contributed by atoms with E-state index in [1.54, 1.807) is 18.2 Å². The van der Waals surface area contributed by atoms with Crippen molar-refractivity contribution < 1.29 is 0 Å². The molecule has 1 rings (SSSR count). The highest BCUT2D eigenvalue weighted by Gasteiger charge is 1.98. The number of halogens is 2. The van der Waals surface area contributed by atoms with E-state index in [0.717, 1.165) is 4.47 Å². The number of hydrogen-bond donors (Lipinski definition) is 0. The minimum absolute atomic E-state index is 0.260. The lowest BCUT2D eigenvalue weighted by molar-refractivity contribution is 1.48. The first-order valence-electron chi connectivity index (χ1n) is 2.52. The molecule has 4 heteroatoms. The summed E-state index contributed by atoms with van der Waals surface area (Å²) in [4.78, 5) is 10.0. The van der Waals surface area contributed by atoms with Crippen LogP contribution in [0.1, 0.15) is 0 Å². The fraction of sp³-hybridized carbons (Fsp3) is 0. The van der Waals surface area contributed by atoms with Gasteiger partial charge in [-0.3, -0.25) is 0 Å². The highest BCUT2D eigenvalue weighted by molar-refractivity contribution is 9.10. The minimum Gasteiger partial charge on any atom is -0.145 e. The van der Waals surface area contributed by atoms with E-state index in [1.165, 1.54) is 0 Å². The van der Waals surface area contributed by atoms with Crippen LogP contribution in [-0.2, 0) is 0 Å². The molecule has 0 radical (unpaired) electrons. The lowest BCUT2D eigenvalue weighted by Crippen LogP contribution is -1.66. The molecule has 0 saturated heterocycles. The van der Waals surface area contributed by atoms with Crippen molar-refractivity contribution in [2.45, 2.75) is 0 Å². The summed E-state index contributed by atoms with van der Waals surface area (Å²) in [5.74, 6) is 0. The Kier molecular flexibility index (Phi) is 2.40. The van der Waals surface area contributed by atoms with E-state index in [4.69, 9.17) is 11.6 Å². The average Bonchev–Trinajstić information content (AvgIpc) is 1.94. The molecular weight excluding hydrogens is 217 g/mol. The first kappa shape index (κ1) is 7.69. The van der Waals surface area contributed by atoms with Gasteiger partial charge in [-0.2, -0.15) is 0 Å². The van der Waals surface area contributed by atoms with Gasteiger partial charge in [0.15, 0.2) is 0 Å². The van der Waals surface area contributed by atoms with Crippen LogP contribution >= 0.6 is 27.5 Å². The summed E-state index contributed by atoms with van der Waals surface area (Å²) in [6, 6.07) is 4.93. The van der Waals surface area contributed by atoms with Crippen LogP contribution < -0.4 is 0 Å². The molecule has 0 aliphatic rings. The second-order valence-electron chi connectivity index (χ2n) is 1.69. The number of benzene rings is 1. The van der Waals surface area contributed by atoms with Gasteiger partial charge in [0, 0.05) is 4.47 Å². The molecule has 0 spiro atoms. The summed E-state index contributed by atoms with van der Waals surface area (Å²) in [6.07, 6.45) is 0. The molecule has 0 fully saturated rings. The van der Waals surface area contributed by atoms with Gasteiger partial charge < -0.3 is 0 Å². The quantitative estimate of drug-likeness (QED) is 0.666. The zero-order chi connectivity index (χ0) is 7.56. The molecular formula is C6H3BrClNO. The predicted octanol–water partition coefficient (Wildman–Crippen LogP) is 3.50. The Balaban J connectivity index is 3.21. The molecule has 0 atom stereocenters. The van der Waals surface area contributed by atoms with Crippen LogP contribution in [0.25, 0.3) is 0 Å². The average molecular weight is 220 g/mol. The molecule has 0 aliphatic heterocycles. The smallest absolute Gasteiger partial charge is 0.127 e. The van der Waals surface area contributed by atoms with Crippen molar-refractivity contribution in [2.75, 3.05) is 0 Å². The Labute approximate surface area is 71.3 Å². The summed E-state index contributed by atoms with van der Waals surface area (Å²) >= 11 is 8.76. The third-order valence-electron chi connectivity index (χ3n) is 1.01. The highest BCUT2D eigenvalue weighted by Crippen LogP contribution is 2.27. The zero-order valence-corrected chi connectivity index (χ0v) is 7.19. The van der Waals surface area contributed by atoms with Gasteiger partial charge in [-0.05, 0) is 23.4 Å². The topological polar surface area (TPSA) is 29.4 Å². The summed E-state index contributed by atoms with van der Waals surface area (Å²) in [7, 11) is 0. The molecule has 52 valence electrons. The standard InChI is InChI=1S/C6H3BrClNO/c7-4-1-2-5(8)6(3-4)9-10/h1-3H. The Morgan fingerprint density at radius 1 is 1.50 bits per heavy atom.